The number of piperidine rings is 1. The van der Waals surface area contributed by atoms with Crippen molar-refractivity contribution in [2.24, 2.45) is 0 Å². The number of tetrazole rings is 1. The molecule has 1 aliphatic rings. The van der Waals surface area contributed by atoms with Crippen molar-refractivity contribution in [1.29, 1.82) is 0 Å². The molecule has 2 N–H and O–H groups in total. The van der Waals surface area contributed by atoms with Crippen molar-refractivity contribution in [3.63, 3.8) is 0 Å². The van der Waals surface area contributed by atoms with Gasteiger partial charge < -0.3 is 14.6 Å². The molecule has 1 saturated heterocycles. The Balaban J connectivity index is 1.90. The van der Waals surface area contributed by atoms with Gasteiger partial charge in [0.05, 0.1) is 31.3 Å². The third-order valence-electron chi connectivity index (χ3n) is 6.49. The van der Waals surface area contributed by atoms with E-state index in [0.29, 0.717) is 5.56 Å². The average molecular weight is 412 g/mol. The van der Waals surface area contributed by atoms with Crippen molar-refractivity contribution in [1.82, 2.24) is 25.2 Å². The van der Waals surface area contributed by atoms with Gasteiger partial charge in [0.2, 0.25) is 5.82 Å². The molecule has 4 rings (SSSR count). The van der Waals surface area contributed by atoms with Crippen LogP contribution in [0.1, 0.15) is 63.9 Å². The zero-order valence-corrected chi connectivity index (χ0v) is 18.2. The topological polar surface area (TPSA) is 90.1 Å². The van der Waals surface area contributed by atoms with Gasteiger partial charge in [-0.05, 0) is 74.2 Å². The second-order valence-corrected chi connectivity index (χ2v) is 8.77. The Morgan fingerprint density at radius 2 is 2.00 bits per heavy atom. The minimum Gasteiger partial charge on any atom is -0.497 e. The number of nitrogens with zero attached hydrogens (tertiary/aromatic N) is 4. The number of aromatic nitrogens is 5. The summed E-state index contributed by atoms with van der Waals surface area (Å²) < 4.78 is 7.30. The molecule has 30 heavy (non-hydrogen) atoms. The Labute approximate surface area is 176 Å². The summed E-state index contributed by atoms with van der Waals surface area (Å²) in [6.45, 7) is 8.39. The standard InChI is InChI=1S/C22H30N6O2/c1-5-22(2,3)28-20(24-25-26-28)19(27-11-7-6-8-12-27)17-14-15-13-16(30-4)9-10-18(15)23-21(17)29/h9-10,13-14,19H,5-8,11-12H2,1-4H3,(H,23,29)/p+1/t19-/m1/s1. The summed E-state index contributed by atoms with van der Waals surface area (Å²) in [5.41, 5.74) is 1.18. The van der Waals surface area contributed by atoms with Crippen LogP contribution >= 0.6 is 0 Å². The van der Waals surface area contributed by atoms with Crippen molar-refractivity contribution in [3.05, 3.63) is 46.0 Å². The fraction of sp³-hybridized carbons (Fsp3) is 0.545. The quantitative estimate of drug-likeness (QED) is 0.646. The molecule has 2 aromatic heterocycles. The second-order valence-electron chi connectivity index (χ2n) is 8.77. The summed E-state index contributed by atoms with van der Waals surface area (Å²) in [6.07, 6.45) is 4.40. The lowest BCUT2D eigenvalue weighted by atomic mass is 9.98. The molecular weight excluding hydrogens is 380 g/mol. The molecule has 0 radical (unpaired) electrons. The molecule has 1 fully saturated rings. The first-order valence-electron chi connectivity index (χ1n) is 10.8. The molecule has 3 heterocycles. The van der Waals surface area contributed by atoms with Crippen LogP contribution in [-0.4, -0.2) is 45.4 Å². The number of rotatable bonds is 6. The lowest BCUT2D eigenvalue weighted by Gasteiger charge is -2.33. The lowest BCUT2D eigenvalue weighted by molar-refractivity contribution is -0.931. The highest BCUT2D eigenvalue weighted by atomic mass is 16.5. The van der Waals surface area contributed by atoms with Gasteiger partial charge in [0.1, 0.15) is 5.75 Å². The Bertz CT molecular complexity index is 1080. The van der Waals surface area contributed by atoms with Gasteiger partial charge in [0, 0.05) is 10.9 Å². The van der Waals surface area contributed by atoms with E-state index in [1.807, 2.05) is 28.9 Å². The molecule has 0 saturated carbocycles. The first-order valence-corrected chi connectivity index (χ1v) is 10.8. The molecule has 1 aromatic carbocycles. The number of fused-ring (bicyclic) bond motifs is 1. The van der Waals surface area contributed by atoms with Gasteiger partial charge in [0.25, 0.3) is 5.56 Å². The SMILES string of the molecule is CCC(C)(C)n1nnnc1[C@@H](c1cc2cc(OC)ccc2[nH]c1=O)[NH+]1CCCCC1. The predicted octanol–water partition coefficient (Wildman–Crippen LogP) is 1.83. The highest BCUT2D eigenvalue weighted by Gasteiger charge is 2.37. The average Bonchev–Trinajstić information content (AvgIpc) is 3.25. The molecule has 0 unspecified atom stereocenters. The van der Waals surface area contributed by atoms with Crippen LogP contribution in [0.3, 0.4) is 0 Å². The van der Waals surface area contributed by atoms with Gasteiger partial charge in [-0.15, -0.1) is 5.10 Å². The van der Waals surface area contributed by atoms with Crippen molar-refractivity contribution in [2.45, 2.75) is 58.0 Å². The number of H-pyrrole nitrogens is 1. The number of aromatic amines is 1. The number of pyridine rings is 1. The third-order valence-corrected chi connectivity index (χ3v) is 6.49. The molecular formula is C22H31N6O2+. The van der Waals surface area contributed by atoms with E-state index in [0.717, 1.165) is 54.8 Å². The van der Waals surface area contributed by atoms with Gasteiger partial charge in [-0.1, -0.05) is 6.92 Å². The maximum absolute atomic E-state index is 13.2. The first-order chi connectivity index (χ1) is 14.4. The fourth-order valence-corrected chi connectivity index (χ4v) is 4.33. The minimum absolute atomic E-state index is 0.0837. The van der Waals surface area contributed by atoms with E-state index in [4.69, 9.17) is 4.74 Å². The molecule has 3 aromatic rings. The second kappa shape index (κ2) is 8.18. The largest absolute Gasteiger partial charge is 0.497 e. The molecule has 0 aliphatic carbocycles. The normalized spacial score (nSPS) is 16.7. The number of quaternary nitrogens is 1. The van der Waals surface area contributed by atoms with Gasteiger partial charge in [-0.25, -0.2) is 4.68 Å². The molecule has 160 valence electrons. The molecule has 1 aliphatic heterocycles. The molecule has 8 nitrogen and oxygen atoms in total. The van der Waals surface area contributed by atoms with E-state index in [9.17, 15) is 4.79 Å². The maximum Gasteiger partial charge on any atom is 0.258 e. The van der Waals surface area contributed by atoms with Crippen LogP contribution in [-0.2, 0) is 5.54 Å². The lowest BCUT2D eigenvalue weighted by Crippen LogP contribution is -3.13. The highest BCUT2D eigenvalue weighted by Crippen LogP contribution is 2.26. The van der Waals surface area contributed by atoms with Crippen LogP contribution in [0, 0.1) is 0 Å². The van der Waals surface area contributed by atoms with Crippen LogP contribution in [0.5, 0.6) is 5.75 Å². The number of ether oxygens (including phenoxy) is 1. The number of methoxy groups -OCH3 is 1. The van der Waals surface area contributed by atoms with Crippen LogP contribution in [0.25, 0.3) is 10.9 Å². The predicted molar refractivity (Wildman–Crippen MR) is 115 cm³/mol. The first kappa shape index (κ1) is 20.5. The van der Waals surface area contributed by atoms with Crippen LogP contribution in [0.4, 0.5) is 0 Å². The highest BCUT2D eigenvalue weighted by molar-refractivity contribution is 5.80. The number of hydrogen-bond acceptors (Lipinski definition) is 5. The summed E-state index contributed by atoms with van der Waals surface area (Å²) in [6, 6.07) is 7.46. The van der Waals surface area contributed by atoms with Gasteiger partial charge in [0.15, 0.2) is 6.04 Å². The maximum atomic E-state index is 13.2. The number of benzene rings is 1. The number of hydrogen-bond donors (Lipinski definition) is 2. The summed E-state index contributed by atoms with van der Waals surface area (Å²) in [7, 11) is 1.65. The van der Waals surface area contributed by atoms with E-state index in [-0.39, 0.29) is 17.1 Å². The Morgan fingerprint density at radius 1 is 1.23 bits per heavy atom. The van der Waals surface area contributed by atoms with Gasteiger partial charge in [-0.2, -0.15) is 0 Å². The van der Waals surface area contributed by atoms with Crippen molar-refractivity contribution in [2.75, 3.05) is 20.2 Å². The molecule has 0 bridgehead atoms. The summed E-state index contributed by atoms with van der Waals surface area (Å²) in [4.78, 5) is 17.6. The molecule has 0 amide bonds. The Morgan fingerprint density at radius 3 is 2.70 bits per heavy atom. The van der Waals surface area contributed by atoms with Crippen LogP contribution < -0.4 is 15.2 Å². The van der Waals surface area contributed by atoms with Crippen molar-refractivity contribution < 1.29 is 9.64 Å². The molecule has 8 heteroatoms. The Hall–Kier alpha value is -2.74. The van der Waals surface area contributed by atoms with Gasteiger partial charge in [-0.3, -0.25) is 4.79 Å². The zero-order valence-electron chi connectivity index (χ0n) is 18.2. The van der Waals surface area contributed by atoms with Crippen LogP contribution in [0.2, 0.25) is 0 Å². The van der Waals surface area contributed by atoms with E-state index >= 15 is 0 Å². The third kappa shape index (κ3) is 3.71. The minimum atomic E-state index is -0.237. The molecule has 1 atom stereocenters. The van der Waals surface area contributed by atoms with E-state index in [2.05, 4.69) is 41.3 Å². The fourth-order valence-electron chi connectivity index (χ4n) is 4.33. The monoisotopic (exact) mass is 411 g/mol. The zero-order chi connectivity index (χ0) is 21.3. The molecule has 0 spiro atoms. The number of nitrogens with one attached hydrogen (secondary N) is 2. The van der Waals surface area contributed by atoms with E-state index in [1.165, 1.54) is 11.3 Å². The van der Waals surface area contributed by atoms with Crippen molar-refractivity contribution >= 4 is 10.9 Å². The Kier molecular flexibility index (Phi) is 5.60. The van der Waals surface area contributed by atoms with Gasteiger partial charge >= 0.3 is 0 Å². The summed E-state index contributed by atoms with van der Waals surface area (Å²) in [5, 5.41) is 13.7. The van der Waals surface area contributed by atoms with Crippen molar-refractivity contribution in [3.8, 4) is 5.75 Å². The summed E-state index contributed by atoms with van der Waals surface area (Å²) >= 11 is 0. The van der Waals surface area contributed by atoms with E-state index < -0.39 is 0 Å². The number of likely N-dealkylation sites (tertiary alicyclic amines) is 1. The van der Waals surface area contributed by atoms with Crippen LogP contribution in [0.15, 0.2) is 29.1 Å². The summed E-state index contributed by atoms with van der Waals surface area (Å²) in [5.74, 6) is 1.52. The van der Waals surface area contributed by atoms with E-state index in [1.54, 1.807) is 7.11 Å². The smallest absolute Gasteiger partial charge is 0.258 e.